The average molecular weight is 539 g/mol. The first-order valence-electron chi connectivity index (χ1n) is 11.0. The third kappa shape index (κ3) is 10.1. The summed E-state index contributed by atoms with van der Waals surface area (Å²) in [6.07, 6.45) is -0.573. The van der Waals surface area contributed by atoms with Crippen molar-refractivity contribution >= 4 is 42.9 Å². The summed E-state index contributed by atoms with van der Waals surface area (Å²) < 4.78 is 31.0. The van der Waals surface area contributed by atoms with Gasteiger partial charge in [-0.05, 0) is 50.6 Å². The van der Waals surface area contributed by atoms with Crippen LogP contribution in [0.25, 0.3) is 0 Å². The molecule has 1 heterocycles. The SMILES string of the molecule is COC(=O)OC(C)OP(=O)(O)Oc1ccccc1/N=N/c1ccc(NC(=O)[C@@H](N)CCCCN)nc1N. The van der Waals surface area contributed by atoms with E-state index in [9.17, 15) is 19.0 Å². The number of anilines is 2. The topological polar surface area (TPSA) is 236 Å². The second-order valence-corrected chi connectivity index (χ2v) is 8.78. The number of carbonyl (C=O) groups excluding carboxylic acids is 2. The summed E-state index contributed by atoms with van der Waals surface area (Å²) in [5.41, 5.74) is 17.5. The Morgan fingerprint density at radius 3 is 2.54 bits per heavy atom. The molecule has 16 heteroatoms. The van der Waals surface area contributed by atoms with E-state index >= 15 is 0 Å². The Morgan fingerprint density at radius 2 is 1.86 bits per heavy atom. The molecule has 0 aliphatic carbocycles. The van der Waals surface area contributed by atoms with E-state index in [0.717, 1.165) is 20.0 Å². The molecule has 2 aromatic rings. The fraction of sp³-hybridized carbons (Fsp3) is 0.381. The Morgan fingerprint density at radius 1 is 1.16 bits per heavy atom. The van der Waals surface area contributed by atoms with Crippen molar-refractivity contribution < 1.29 is 37.6 Å². The smallest absolute Gasteiger partial charge is 0.438 e. The molecule has 0 spiro atoms. The van der Waals surface area contributed by atoms with Crippen LogP contribution in [0.5, 0.6) is 5.75 Å². The van der Waals surface area contributed by atoms with Crippen LogP contribution in [-0.2, 0) is 23.4 Å². The number of nitrogens with two attached hydrogens (primary N) is 3. The number of aromatic nitrogens is 1. The maximum atomic E-state index is 12.3. The number of nitrogens with one attached hydrogen (secondary N) is 1. The van der Waals surface area contributed by atoms with Crippen molar-refractivity contribution in [1.82, 2.24) is 4.98 Å². The predicted molar refractivity (Wildman–Crippen MR) is 133 cm³/mol. The van der Waals surface area contributed by atoms with Gasteiger partial charge in [-0.25, -0.2) is 18.9 Å². The van der Waals surface area contributed by atoms with E-state index in [2.05, 4.69) is 30.0 Å². The van der Waals surface area contributed by atoms with Gasteiger partial charge >= 0.3 is 14.0 Å². The van der Waals surface area contributed by atoms with Crippen LogP contribution in [0.4, 0.5) is 27.8 Å². The zero-order valence-corrected chi connectivity index (χ0v) is 21.2. The minimum absolute atomic E-state index is 0.0402. The molecule has 0 fully saturated rings. The number of ether oxygens (including phenoxy) is 2. The molecular formula is C21H30N7O8P. The number of hydrogen-bond donors (Lipinski definition) is 5. The summed E-state index contributed by atoms with van der Waals surface area (Å²) in [7, 11) is -3.67. The third-order valence-corrected chi connectivity index (χ3v) is 5.51. The minimum atomic E-state index is -4.74. The van der Waals surface area contributed by atoms with Crippen LogP contribution in [-0.4, -0.2) is 47.9 Å². The highest BCUT2D eigenvalue weighted by Gasteiger charge is 2.29. The maximum Gasteiger partial charge on any atom is 0.530 e. The van der Waals surface area contributed by atoms with E-state index in [1.54, 1.807) is 6.07 Å². The molecule has 3 atom stereocenters. The van der Waals surface area contributed by atoms with Gasteiger partial charge < -0.3 is 36.5 Å². The van der Waals surface area contributed by atoms with Crippen molar-refractivity contribution in [3.05, 3.63) is 36.4 Å². The largest absolute Gasteiger partial charge is 0.530 e. The number of hydrogen-bond acceptors (Lipinski definition) is 13. The first kappa shape index (κ1) is 29.6. The molecule has 2 rings (SSSR count). The number of para-hydroxylation sites is 1. The molecule has 0 saturated heterocycles. The van der Waals surface area contributed by atoms with Gasteiger partial charge in [-0.1, -0.05) is 18.6 Å². The predicted octanol–water partition coefficient (Wildman–Crippen LogP) is 3.10. The second-order valence-electron chi connectivity index (χ2n) is 7.45. The summed E-state index contributed by atoms with van der Waals surface area (Å²) in [5.74, 6) is -0.421. The summed E-state index contributed by atoms with van der Waals surface area (Å²) in [4.78, 5) is 37.4. The highest BCUT2D eigenvalue weighted by Crippen LogP contribution is 2.48. The average Bonchev–Trinajstić information content (AvgIpc) is 2.83. The van der Waals surface area contributed by atoms with Crippen molar-refractivity contribution in [2.24, 2.45) is 21.7 Å². The van der Waals surface area contributed by atoms with Gasteiger partial charge in [0.2, 0.25) is 12.2 Å². The van der Waals surface area contributed by atoms with Crippen LogP contribution in [0.3, 0.4) is 0 Å². The third-order valence-electron chi connectivity index (χ3n) is 4.51. The zero-order valence-electron chi connectivity index (χ0n) is 20.3. The fourth-order valence-corrected chi connectivity index (χ4v) is 3.61. The molecule has 8 N–H and O–H groups in total. The molecule has 1 aromatic heterocycles. The Balaban J connectivity index is 2.08. The lowest BCUT2D eigenvalue weighted by atomic mass is 10.1. The first-order valence-corrected chi connectivity index (χ1v) is 12.5. The van der Waals surface area contributed by atoms with Crippen LogP contribution in [0.1, 0.15) is 26.2 Å². The summed E-state index contributed by atoms with van der Waals surface area (Å²) in [6, 6.07) is 8.14. The quantitative estimate of drug-likeness (QED) is 0.0811. The van der Waals surface area contributed by atoms with Gasteiger partial charge in [-0.3, -0.25) is 9.69 Å². The van der Waals surface area contributed by atoms with Crippen molar-refractivity contribution in [1.29, 1.82) is 0 Å². The Hall–Kier alpha value is -3.62. The van der Waals surface area contributed by atoms with Gasteiger partial charge in [-0.15, -0.1) is 10.2 Å². The van der Waals surface area contributed by atoms with Gasteiger partial charge in [0.05, 0.1) is 13.2 Å². The number of nitrogens with zero attached hydrogens (tertiary/aromatic N) is 3. The van der Waals surface area contributed by atoms with Gasteiger partial charge in [-0.2, -0.15) is 0 Å². The van der Waals surface area contributed by atoms with Crippen LogP contribution >= 0.6 is 7.82 Å². The van der Waals surface area contributed by atoms with E-state index in [0.29, 0.717) is 13.0 Å². The molecule has 1 aromatic carbocycles. The van der Waals surface area contributed by atoms with Crippen LogP contribution in [0, 0.1) is 0 Å². The Labute approximate surface area is 212 Å². The molecule has 37 heavy (non-hydrogen) atoms. The second kappa shape index (κ2) is 14.2. The molecule has 1 amide bonds. The number of phosphoric ester groups is 1. The highest BCUT2D eigenvalue weighted by atomic mass is 31.2. The van der Waals surface area contributed by atoms with Gasteiger partial charge in [0, 0.05) is 0 Å². The van der Waals surface area contributed by atoms with E-state index in [1.807, 2.05) is 0 Å². The minimum Gasteiger partial charge on any atom is -0.438 e. The van der Waals surface area contributed by atoms with Gasteiger partial charge in [0.15, 0.2) is 11.6 Å². The number of nitrogen functional groups attached to an aromatic ring is 1. The van der Waals surface area contributed by atoms with Crippen LogP contribution in [0.2, 0.25) is 0 Å². The number of pyridine rings is 1. The van der Waals surface area contributed by atoms with Crippen molar-refractivity contribution in [2.45, 2.75) is 38.5 Å². The van der Waals surface area contributed by atoms with E-state index < -0.39 is 32.2 Å². The first-order chi connectivity index (χ1) is 17.5. The molecule has 0 bridgehead atoms. The van der Waals surface area contributed by atoms with Gasteiger partial charge in [0.25, 0.3) is 0 Å². The number of methoxy groups -OCH3 is 1. The van der Waals surface area contributed by atoms with Crippen molar-refractivity contribution in [3.63, 3.8) is 0 Å². The number of carbonyl (C=O) groups is 2. The monoisotopic (exact) mass is 539 g/mol. The number of azo groups is 1. The lowest BCUT2D eigenvalue weighted by molar-refractivity contribution is -0.117. The van der Waals surface area contributed by atoms with Crippen molar-refractivity contribution in [3.8, 4) is 5.75 Å². The van der Waals surface area contributed by atoms with Gasteiger partial charge in [0.1, 0.15) is 17.2 Å². The number of benzene rings is 1. The Kier molecular flexibility index (Phi) is 11.4. The number of unbranched alkanes of at least 4 members (excludes halogenated alkanes) is 1. The zero-order chi connectivity index (χ0) is 27.4. The number of rotatable bonds is 13. The molecule has 0 radical (unpaired) electrons. The van der Waals surface area contributed by atoms with E-state index in [4.69, 9.17) is 26.2 Å². The normalized spacial score (nSPS) is 14.4. The molecule has 202 valence electrons. The summed E-state index contributed by atoms with van der Waals surface area (Å²) >= 11 is 0. The molecule has 0 aliphatic heterocycles. The summed E-state index contributed by atoms with van der Waals surface area (Å²) in [6.45, 7) is 1.73. The summed E-state index contributed by atoms with van der Waals surface area (Å²) in [5, 5.41) is 10.6. The lowest BCUT2D eigenvalue weighted by Crippen LogP contribution is -2.35. The van der Waals surface area contributed by atoms with E-state index in [-0.39, 0.29) is 28.8 Å². The fourth-order valence-electron chi connectivity index (χ4n) is 2.74. The lowest BCUT2D eigenvalue weighted by Gasteiger charge is -2.18. The van der Waals surface area contributed by atoms with Crippen LogP contribution < -0.4 is 27.0 Å². The molecule has 0 aliphatic rings. The van der Waals surface area contributed by atoms with Crippen LogP contribution in [0.15, 0.2) is 46.6 Å². The van der Waals surface area contributed by atoms with E-state index in [1.165, 1.54) is 37.3 Å². The maximum absolute atomic E-state index is 12.3. The molecule has 2 unspecified atom stereocenters. The number of amides is 1. The Bertz CT molecular complexity index is 1150. The highest BCUT2D eigenvalue weighted by molar-refractivity contribution is 7.47. The van der Waals surface area contributed by atoms with Crippen molar-refractivity contribution in [2.75, 3.05) is 24.7 Å². The molecular weight excluding hydrogens is 509 g/mol. The standard InChI is InChI=1S/C21H30N7O8P/c1-13(34-21(30)33-2)35-37(31,32)36-17-9-4-3-8-15(17)27-28-16-10-11-18(25-19(16)24)26-20(29)14(23)7-5-6-12-22/h3-4,8-11,13-14H,5-7,12,22-23H2,1-2H3,(H,31,32)(H3,24,25,26,29)/b28-27+/t13?,14-/m0/s1. The molecule has 0 saturated carbocycles. The molecule has 15 nitrogen and oxygen atoms in total. The number of phosphoric acid groups is 1.